The third-order valence-corrected chi connectivity index (χ3v) is 4.91. The highest BCUT2D eigenvalue weighted by Gasteiger charge is 2.58. The van der Waals surface area contributed by atoms with Crippen LogP contribution in [-0.2, 0) is 15.8 Å². The Morgan fingerprint density at radius 2 is 1.74 bits per heavy atom. The van der Waals surface area contributed by atoms with Crippen molar-refractivity contribution in [1.29, 1.82) is 0 Å². The molecule has 0 bridgehead atoms. The Bertz CT molecular complexity index is 880. The molecule has 2 amide bonds. The van der Waals surface area contributed by atoms with Gasteiger partial charge in [0.05, 0.1) is 16.3 Å². The number of alkyl halides is 3. The van der Waals surface area contributed by atoms with Crippen LogP contribution in [0, 0.1) is 5.41 Å². The van der Waals surface area contributed by atoms with Crippen molar-refractivity contribution >= 4 is 34.8 Å². The Kier molecular flexibility index (Phi) is 4.90. The van der Waals surface area contributed by atoms with E-state index in [0.29, 0.717) is 18.5 Å². The number of rotatable bonds is 4. The van der Waals surface area contributed by atoms with E-state index in [4.69, 9.17) is 11.6 Å². The van der Waals surface area contributed by atoms with Crippen molar-refractivity contribution in [2.24, 2.45) is 5.41 Å². The van der Waals surface area contributed by atoms with Gasteiger partial charge in [-0.15, -0.1) is 0 Å². The number of hydrogen-bond acceptors (Lipinski definition) is 2. The number of nitrogens with zero attached hydrogens (tertiary/aromatic N) is 1. The Morgan fingerprint density at radius 3 is 2.30 bits per heavy atom. The quantitative estimate of drug-likeness (QED) is 0.759. The average molecular weight is 397 g/mol. The lowest BCUT2D eigenvalue weighted by molar-refractivity contribution is -0.138. The molecule has 0 aliphatic heterocycles. The number of carbonyl (C=O) groups excluding carboxylic acids is 2. The van der Waals surface area contributed by atoms with Gasteiger partial charge in [-0.25, -0.2) is 0 Å². The lowest BCUT2D eigenvalue weighted by atomic mass is 10.0. The van der Waals surface area contributed by atoms with Crippen molar-refractivity contribution < 1.29 is 22.8 Å². The number of halogens is 4. The number of benzene rings is 2. The second-order valence-corrected chi connectivity index (χ2v) is 6.84. The standard InChI is InChI=1S/C19H16ClF3N2O2/c1-25(13-5-3-2-4-6-13)17(27)18(9-10-18)16(26)24-15-11-12(19(21,22)23)7-8-14(15)20/h2-8,11H,9-10H2,1H3,(H,24,26). The van der Waals surface area contributed by atoms with E-state index in [1.807, 2.05) is 0 Å². The number of hydrogen-bond donors (Lipinski definition) is 1. The van der Waals surface area contributed by atoms with Crippen LogP contribution in [-0.4, -0.2) is 18.9 Å². The zero-order valence-corrected chi connectivity index (χ0v) is 15.1. The van der Waals surface area contributed by atoms with Crippen LogP contribution in [0.2, 0.25) is 5.02 Å². The SMILES string of the molecule is CN(C(=O)C1(C(=O)Nc2cc(C(F)(F)F)ccc2Cl)CC1)c1ccccc1. The van der Waals surface area contributed by atoms with Crippen molar-refractivity contribution in [3.63, 3.8) is 0 Å². The number of carbonyl (C=O) groups is 2. The Labute approximate surface area is 158 Å². The van der Waals surface area contributed by atoms with Crippen LogP contribution < -0.4 is 10.2 Å². The first kappa shape index (κ1) is 19.2. The van der Waals surface area contributed by atoms with Gasteiger partial charge in [-0.3, -0.25) is 9.59 Å². The van der Waals surface area contributed by atoms with Crippen LogP contribution in [0.25, 0.3) is 0 Å². The molecule has 0 heterocycles. The zero-order valence-electron chi connectivity index (χ0n) is 14.3. The molecule has 3 rings (SSSR count). The van der Waals surface area contributed by atoms with Crippen LogP contribution in [0.15, 0.2) is 48.5 Å². The summed E-state index contributed by atoms with van der Waals surface area (Å²) in [5.41, 5.74) is -1.77. The molecule has 0 radical (unpaired) electrons. The number of anilines is 2. The molecule has 0 spiro atoms. The maximum absolute atomic E-state index is 12.9. The van der Waals surface area contributed by atoms with Gasteiger partial charge in [-0.05, 0) is 43.2 Å². The summed E-state index contributed by atoms with van der Waals surface area (Å²) < 4.78 is 38.7. The lowest BCUT2D eigenvalue weighted by Crippen LogP contribution is -2.41. The number of amides is 2. The fourth-order valence-corrected chi connectivity index (χ4v) is 2.96. The minimum atomic E-state index is -4.56. The van der Waals surface area contributed by atoms with Crippen molar-refractivity contribution in [3.05, 3.63) is 59.1 Å². The summed E-state index contributed by atoms with van der Waals surface area (Å²) in [6, 6.07) is 11.5. The van der Waals surface area contributed by atoms with Gasteiger partial charge in [0.25, 0.3) is 0 Å². The maximum Gasteiger partial charge on any atom is 0.416 e. The predicted octanol–water partition coefficient (Wildman–Crippen LogP) is 4.74. The highest BCUT2D eigenvalue weighted by atomic mass is 35.5. The smallest absolute Gasteiger partial charge is 0.324 e. The Balaban J connectivity index is 1.81. The lowest BCUT2D eigenvalue weighted by Gasteiger charge is -2.23. The molecule has 2 aromatic rings. The highest BCUT2D eigenvalue weighted by Crippen LogP contribution is 2.49. The summed E-state index contributed by atoms with van der Waals surface area (Å²) in [6.07, 6.45) is -3.92. The van der Waals surface area contributed by atoms with E-state index in [-0.39, 0.29) is 10.7 Å². The van der Waals surface area contributed by atoms with E-state index >= 15 is 0 Å². The van der Waals surface area contributed by atoms with E-state index in [9.17, 15) is 22.8 Å². The first-order chi connectivity index (χ1) is 12.6. The van der Waals surface area contributed by atoms with Crippen LogP contribution in [0.3, 0.4) is 0 Å². The second kappa shape index (κ2) is 6.88. The molecule has 1 fully saturated rings. The van der Waals surface area contributed by atoms with Crippen LogP contribution in [0.1, 0.15) is 18.4 Å². The molecule has 1 aliphatic rings. The molecular weight excluding hydrogens is 381 g/mol. The van der Waals surface area contributed by atoms with E-state index in [1.165, 1.54) is 4.90 Å². The summed E-state index contributed by atoms with van der Waals surface area (Å²) >= 11 is 5.92. The molecule has 1 aliphatic carbocycles. The van der Waals surface area contributed by atoms with E-state index in [1.54, 1.807) is 37.4 Å². The van der Waals surface area contributed by atoms with Crippen molar-refractivity contribution in [2.45, 2.75) is 19.0 Å². The van der Waals surface area contributed by atoms with Gasteiger partial charge in [-0.2, -0.15) is 13.2 Å². The first-order valence-corrected chi connectivity index (χ1v) is 8.54. The van der Waals surface area contributed by atoms with E-state index in [2.05, 4.69) is 5.32 Å². The molecule has 27 heavy (non-hydrogen) atoms. The van der Waals surface area contributed by atoms with Crippen molar-refractivity contribution in [3.8, 4) is 0 Å². The summed E-state index contributed by atoms with van der Waals surface area (Å²) in [5, 5.41) is 2.36. The fraction of sp³-hybridized carbons (Fsp3) is 0.263. The van der Waals surface area contributed by atoms with Crippen LogP contribution in [0.4, 0.5) is 24.5 Å². The topological polar surface area (TPSA) is 49.4 Å². The molecule has 2 aromatic carbocycles. The zero-order chi connectivity index (χ0) is 19.8. The first-order valence-electron chi connectivity index (χ1n) is 8.16. The molecule has 1 N–H and O–H groups in total. The fourth-order valence-electron chi connectivity index (χ4n) is 2.79. The Hall–Kier alpha value is -2.54. The molecule has 4 nitrogen and oxygen atoms in total. The Morgan fingerprint density at radius 1 is 1.11 bits per heavy atom. The summed E-state index contributed by atoms with van der Waals surface area (Å²) in [6.45, 7) is 0. The average Bonchev–Trinajstić information content (AvgIpc) is 3.44. The summed E-state index contributed by atoms with van der Waals surface area (Å²) in [7, 11) is 1.56. The van der Waals surface area contributed by atoms with E-state index < -0.39 is 29.0 Å². The molecule has 0 unspecified atom stereocenters. The van der Waals surface area contributed by atoms with Crippen molar-refractivity contribution in [2.75, 3.05) is 17.3 Å². The van der Waals surface area contributed by atoms with Gasteiger partial charge < -0.3 is 10.2 Å². The minimum Gasteiger partial charge on any atom is -0.324 e. The highest BCUT2D eigenvalue weighted by molar-refractivity contribution is 6.34. The minimum absolute atomic E-state index is 0.0315. The molecule has 1 saturated carbocycles. The van der Waals surface area contributed by atoms with Gasteiger partial charge in [-0.1, -0.05) is 29.8 Å². The molecule has 0 atom stereocenters. The summed E-state index contributed by atoms with van der Waals surface area (Å²) in [5.74, 6) is -1.06. The molecular formula is C19H16ClF3N2O2. The number of para-hydroxylation sites is 1. The van der Waals surface area contributed by atoms with Crippen molar-refractivity contribution in [1.82, 2.24) is 0 Å². The largest absolute Gasteiger partial charge is 0.416 e. The second-order valence-electron chi connectivity index (χ2n) is 6.43. The molecule has 0 saturated heterocycles. The monoisotopic (exact) mass is 396 g/mol. The number of nitrogens with one attached hydrogen (secondary N) is 1. The summed E-state index contributed by atoms with van der Waals surface area (Å²) in [4.78, 5) is 26.9. The van der Waals surface area contributed by atoms with Gasteiger partial charge in [0.1, 0.15) is 5.41 Å². The normalized spacial score (nSPS) is 15.1. The van der Waals surface area contributed by atoms with Crippen LogP contribution in [0.5, 0.6) is 0 Å². The van der Waals surface area contributed by atoms with Gasteiger partial charge >= 0.3 is 6.18 Å². The molecule has 0 aromatic heterocycles. The molecule has 8 heteroatoms. The van der Waals surface area contributed by atoms with E-state index in [0.717, 1.165) is 18.2 Å². The maximum atomic E-state index is 12.9. The third-order valence-electron chi connectivity index (χ3n) is 4.58. The molecule has 142 valence electrons. The van der Waals surface area contributed by atoms with Crippen LogP contribution >= 0.6 is 11.6 Å². The third kappa shape index (κ3) is 3.78. The van der Waals surface area contributed by atoms with Gasteiger partial charge in [0, 0.05) is 12.7 Å². The van der Waals surface area contributed by atoms with Gasteiger partial charge in [0.2, 0.25) is 11.8 Å². The van der Waals surface area contributed by atoms with Gasteiger partial charge in [0.15, 0.2) is 0 Å². The predicted molar refractivity (Wildman–Crippen MR) is 96.6 cm³/mol.